The lowest BCUT2D eigenvalue weighted by atomic mass is 10.1. The second kappa shape index (κ2) is 8.58. The highest BCUT2D eigenvalue weighted by molar-refractivity contribution is 6.04. The van der Waals surface area contributed by atoms with Crippen molar-refractivity contribution >= 4 is 23.2 Å². The molecule has 154 valence electrons. The molecule has 1 aromatic heterocycles. The van der Waals surface area contributed by atoms with Gasteiger partial charge in [0.05, 0.1) is 17.6 Å². The first-order valence-corrected chi connectivity index (χ1v) is 9.46. The number of carbonyl (C=O) groups is 2. The van der Waals surface area contributed by atoms with Crippen molar-refractivity contribution in [3.8, 4) is 16.9 Å². The predicted molar refractivity (Wildman–Crippen MR) is 115 cm³/mol. The van der Waals surface area contributed by atoms with Crippen LogP contribution in [0.4, 0.5) is 15.8 Å². The van der Waals surface area contributed by atoms with E-state index >= 15 is 0 Å². The Bertz CT molecular complexity index is 1220. The average molecular weight is 415 g/mol. The van der Waals surface area contributed by atoms with Crippen molar-refractivity contribution in [2.45, 2.75) is 6.92 Å². The summed E-state index contributed by atoms with van der Waals surface area (Å²) in [7, 11) is 0. The molecule has 0 saturated heterocycles. The molecule has 4 rings (SSSR count). The second-order valence-corrected chi connectivity index (χ2v) is 6.80. The van der Waals surface area contributed by atoms with Crippen LogP contribution in [0.2, 0.25) is 0 Å². The van der Waals surface area contributed by atoms with E-state index in [9.17, 15) is 14.0 Å². The van der Waals surface area contributed by atoms with Gasteiger partial charge in [0.1, 0.15) is 5.82 Å². The zero-order chi connectivity index (χ0) is 21.8. The SMILES string of the molecule is CC(=O)Nc1ccc(NC(=O)c2ccc(-n3nncc3-c3ccc(F)cc3)cc2)cc1. The molecule has 0 aliphatic rings. The third-order valence-corrected chi connectivity index (χ3v) is 4.53. The summed E-state index contributed by atoms with van der Waals surface area (Å²) in [6.07, 6.45) is 1.60. The summed E-state index contributed by atoms with van der Waals surface area (Å²) >= 11 is 0. The van der Waals surface area contributed by atoms with Gasteiger partial charge in [0.15, 0.2) is 0 Å². The topological polar surface area (TPSA) is 88.9 Å². The quantitative estimate of drug-likeness (QED) is 0.509. The minimum absolute atomic E-state index is 0.160. The normalized spacial score (nSPS) is 10.5. The van der Waals surface area contributed by atoms with Gasteiger partial charge in [-0.15, -0.1) is 5.10 Å². The van der Waals surface area contributed by atoms with Gasteiger partial charge in [0, 0.05) is 29.4 Å². The summed E-state index contributed by atoms with van der Waals surface area (Å²) in [5, 5.41) is 13.5. The van der Waals surface area contributed by atoms with Crippen LogP contribution in [0, 0.1) is 5.82 Å². The summed E-state index contributed by atoms with van der Waals surface area (Å²) in [4.78, 5) is 23.6. The van der Waals surface area contributed by atoms with Crippen molar-refractivity contribution in [1.82, 2.24) is 15.0 Å². The third kappa shape index (κ3) is 4.64. The fourth-order valence-electron chi connectivity index (χ4n) is 3.04. The van der Waals surface area contributed by atoms with E-state index in [1.54, 1.807) is 71.5 Å². The molecule has 0 saturated carbocycles. The number of benzene rings is 3. The standard InChI is InChI=1S/C23H18FN5O2/c1-15(30)26-19-8-10-20(11-9-19)27-23(31)17-4-12-21(13-5-17)29-22(14-25-28-29)16-2-6-18(24)7-3-16/h2-14H,1H3,(H,26,30)(H,27,31). The lowest BCUT2D eigenvalue weighted by Gasteiger charge is -2.09. The van der Waals surface area contributed by atoms with Crippen molar-refractivity contribution in [3.05, 3.63) is 90.4 Å². The van der Waals surface area contributed by atoms with Gasteiger partial charge in [-0.05, 0) is 72.8 Å². The number of rotatable bonds is 5. The van der Waals surface area contributed by atoms with Crippen LogP contribution >= 0.6 is 0 Å². The highest BCUT2D eigenvalue weighted by atomic mass is 19.1. The van der Waals surface area contributed by atoms with Crippen LogP contribution in [0.1, 0.15) is 17.3 Å². The maximum atomic E-state index is 13.2. The Balaban J connectivity index is 1.49. The van der Waals surface area contributed by atoms with E-state index in [2.05, 4.69) is 20.9 Å². The molecule has 0 spiro atoms. The average Bonchev–Trinajstić information content (AvgIpc) is 3.25. The lowest BCUT2D eigenvalue weighted by molar-refractivity contribution is -0.114. The van der Waals surface area contributed by atoms with Crippen molar-refractivity contribution in [2.24, 2.45) is 0 Å². The number of hydrogen-bond acceptors (Lipinski definition) is 4. The van der Waals surface area contributed by atoms with Gasteiger partial charge < -0.3 is 10.6 Å². The number of nitrogens with one attached hydrogen (secondary N) is 2. The van der Waals surface area contributed by atoms with Crippen LogP contribution in [-0.4, -0.2) is 26.8 Å². The molecule has 0 bridgehead atoms. The van der Waals surface area contributed by atoms with Gasteiger partial charge in [0.2, 0.25) is 5.91 Å². The van der Waals surface area contributed by atoms with E-state index < -0.39 is 0 Å². The minimum Gasteiger partial charge on any atom is -0.326 e. The largest absolute Gasteiger partial charge is 0.326 e. The molecule has 8 heteroatoms. The molecule has 7 nitrogen and oxygen atoms in total. The molecule has 0 aliphatic heterocycles. The van der Waals surface area contributed by atoms with E-state index in [0.717, 1.165) is 5.56 Å². The Labute approximate surface area is 177 Å². The zero-order valence-electron chi connectivity index (χ0n) is 16.5. The fourth-order valence-corrected chi connectivity index (χ4v) is 3.04. The molecule has 0 aliphatic carbocycles. The Kier molecular flexibility index (Phi) is 5.53. The van der Waals surface area contributed by atoms with Gasteiger partial charge in [-0.2, -0.15) is 0 Å². The van der Waals surface area contributed by atoms with Gasteiger partial charge in [0.25, 0.3) is 5.91 Å². The Hall–Kier alpha value is -4.33. The second-order valence-electron chi connectivity index (χ2n) is 6.80. The monoisotopic (exact) mass is 415 g/mol. The van der Waals surface area contributed by atoms with Gasteiger partial charge in [-0.25, -0.2) is 9.07 Å². The van der Waals surface area contributed by atoms with Crippen molar-refractivity contribution in [1.29, 1.82) is 0 Å². The lowest BCUT2D eigenvalue weighted by Crippen LogP contribution is -2.12. The first-order chi connectivity index (χ1) is 15.0. The summed E-state index contributed by atoms with van der Waals surface area (Å²) < 4.78 is 14.8. The van der Waals surface area contributed by atoms with Crippen molar-refractivity contribution in [2.75, 3.05) is 10.6 Å². The number of anilines is 2. The van der Waals surface area contributed by atoms with Crippen molar-refractivity contribution in [3.63, 3.8) is 0 Å². The zero-order valence-corrected chi connectivity index (χ0v) is 16.5. The molecule has 4 aromatic rings. The van der Waals surface area contributed by atoms with E-state index in [4.69, 9.17) is 0 Å². The number of halogens is 1. The molecule has 0 unspecified atom stereocenters. The van der Waals surface area contributed by atoms with E-state index in [1.165, 1.54) is 19.1 Å². The highest BCUT2D eigenvalue weighted by Gasteiger charge is 2.11. The predicted octanol–water partition coefficient (Wildman–Crippen LogP) is 4.28. The Morgan fingerprint density at radius 3 is 2.06 bits per heavy atom. The van der Waals surface area contributed by atoms with Crippen LogP contribution in [0.5, 0.6) is 0 Å². The van der Waals surface area contributed by atoms with Crippen LogP contribution in [0.15, 0.2) is 79.0 Å². The first kappa shape index (κ1) is 20.0. The van der Waals surface area contributed by atoms with E-state index in [0.29, 0.717) is 28.3 Å². The number of amides is 2. The number of nitrogens with zero attached hydrogens (tertiary/aromatic N) is 3. The molecule has 2 N–H and O–H groups in total. The Morgan fingerprint density at radius 2 is 1.45 bits per heavy atom. The molecule has 1 heterocycles. The van der Waals surface area contributed by atoms with Crippen molar-refractivity contribution < 1.29 is 14.0 Å². The molecule has 31 heavy (non-hydrogen) atoms. The smallest absolute Gasteiger partial charge is 0.255 e. The molecular weight excluding hydrogens is 397 g/mol. The maximum absolute atomic E-state index is 13.2. The third-order valence-electron chi connectivity index (χ3n) is 4.53. The van der Waals surface area contributed by atoms with E-state index in [1.807, 2.05) is 0 Å². The number of aromatic nitrogens is 3. The van der Waals surface area contributed by atoms with Crippen LogP contribution in [0.3, 0.4) is 0 Å². The minimum atomic E-state index is -0.317. The molecule has 0 fully saturated rings. The van der Waals surface area contributed by atoms with Crippen LogP contribution in [0.25, 0.3) is 16.9 Å². The first-order valence-electron chi connectivity index (χ1n) is 9.46. The van der Waals surface area contributed by atoms with Gasteiger partial charge in [-0.3, -0.25) is 9.59 Å². The Morgan fingerprint density at radius 1 is 0.839 bits per heavy atom. The van der Waals surface area contributed by atoms with Crippen LogP contribution in [-0.2, 0) is 4.79 Å². The van der Waals surface area contributed by atoms with E-state index in [-0.39, 0.29) is 17.6 Å². The summed E-state index contributed by atoms with van der Waals surface area (Å²) in [6, 6.07) is 19.8. The number of hydrogen-bond donors (Lipinski definition) is 2. The summed E-state index contributed by atoms with van der Waals surface area (Å²) in [6.45, 7) is 1.43. The number of carbonyl (C=O) groups excluding carboxylic acids is 2. The summed E-state index contributed by atoms with van der Waals surface area (Å²) in [5.41, 5.74) is 3.93. The molecule has 3 aromatic carbocycles. The fraction of sp³-hybridized carbons (Fsp3) is 0.0435. The molecule has 2 amide bonds. The highest BCUT2D eigenvalue weighted by Crippen LogP contribution is 2.22. The summed E-state index contributed by atoms with van der Waals surface area (Å²) in [5.74, 6) is -0.745. The van der Waals surface area contributed by atoms with Gasteiger partial charge >= 0.3 is 0 Å². The van der Waals surface area contributed by atoms with Crippen LogP contribution < -0.4 is 10.6 Å². The molecule has 0 radical (unpaired) electrons. The maximum Gasteiger partial charge on any atom is 0.255 e. The molecular formula is C23H18FN5O2. The van der Waals surface area contributed by atoms with Gasteiger partial charge in [-0.1, -0.05) is 5.21 Å². The molecule has 0 atom stereocenters.